The number of Topliss-reactive ketones (excluding diaryl/α,β-unsaturated/α-hetero) is 1. The molecule has 1 amide bonds. The summed E-state index contributed by atoms with van der Waals surface area (Å²) < 4.78 is 1.64. The number of rotatable bonds is 2. The summed E-state index contributed by atoms with van der Waals surface area (Å²) in [7, 11) is 0. The summed E-state index contributed by atoms with van der Waals surface area (Å²) in [5.74, 6) is -0.190. The Kier molecular flexibility index (Phi) is 3.64. The minimum atomic E-state index is -0.266. The molecule has 0 aliphatic heterocycles. The molecule has 0 saturated carbocycles. The smallest absolute Gasteiger partial charge is 0.261 e. The lowest BCUT2D eigenvalue weighted by Gasteiger charge is -2.29. The molecule has 0 radical (unpaired) electrons. The summed E-state index contributed by atoms with van der Waals surface area (Å²) in [6, 6.07) is 7.59. The second-order valence-electron chi connectivity index (χ2n) is 7.67. The van der Waals surface area contributed by atoms with Crippen molar-refractivity contribution in [3.8, 4) is 0 Å². The number of nitrogens with one attached hydrogen (secondary N) is 1. The van der Waals surface area contributed by atoms with Gasteiger partial charge in [0.15, 0.2) is 11.4 Å². The van der Waals surface area contributed by atoms with Gasteiger partial charge in [-0.25, -0.2) is 9.50 Å². The average molecular weight is 348 g/mol. The Morgan fingerprint density at radius 1 is 1.15 bits per heavy atom. The van der Waals surface area contributed by atoms with Crippen molar-refractivity contribution < 1.29 is 9.59 Å². The second kappa shape index (κ2) is 5.76. The van der Waals surface area contributed by atoms with Crippen molar-refractivity contribution in [3.63, 3.8) is 0 Å². The maximum atomic E-state index is 12.7. The zero-order valence-electron chi connectivity index (χ0n) is 15.0. The van der Waals surface area contributed by atoms with E-state index < -0.39 is 0 Å². The van der Waals surface area contributed by atoms with Gasteiger partial charge in [-0.3, -0.25) is 9.59 Å². The van der Waals surface area contributed by atoms with Crippen LogP contribution in [0.4, 0.5) is 5.69 Å². The van der Waals surface area contributed by atoms with Crippen LogP contribution in [0.1, 0.15) is 52.2 Å². The molecule has 1 aliphatic rings. The third-order valence-electron chi connectivity index (χ3n) is 4.77. The maximum Gasteiger partial charge on any atom is 0.261 e. The Bertz CT molecular complexity index is 1030. The Morgan fingerprint density at radius 2 is 1.88 bits per heavy atom. The Hall–Kier alpha value is -3.02. The fourth-order valence-electron chi connectivity index (χ4n) is 3.42. The molecular formula is C20H20N4O2. The molecule has 0 spiro atoms. The second-order valence-corrected chi connectivity index (χ2v) is 7.67. The van der Waals surface area contributed by atoms with Crippen molar-refractivity contribution >= 4 is 23.0 Å². The predicted molar refractivity (Wildman–Crippen MR) is 98.6 cm³/mol. The van der Waals surface area contributed by atoms with Crippen LogP contribution in [0, 0.1) is 12.3 Å². The van der Waals surface area contributed by atoms with Gasteiger partial charge in [0.05, 0.1) is 17.5 Å². The van der Waals surface area contributed by atoms with Crippen molar-refractivity contribution in [2.45, 2.75) is 33.6 Å². The molecule has 132 valence electrons. The number of fused-ring (bicyclic) bond motifs is 3. The number of hydrogen-bond donors (Lipinski definition) is 1. The molecule has 2 aromatic heterocycles. The van der Waals surface area contributed by atoms with E-state index in [1.807, 2.05) is 31.2 Å². The lowest BCUT2D eigenvalue weighted by molar-refractivity contribution is 0.0908. The molecule has 4 rings (SSSR count). The van der Waals surface area contributed by atoms with Gasteiger partial charge in [0.1, 0.15) is 5.56 Å². The van der Waals surface area contributed by atoms with Gasteiger partial charge >= 0.3 is 0 Å². The van der Waals surface area contributed by atoms with Crippen LogP contribution in [-0.2, 0) is 6.42 Å². The van der Waals surface area contributed by atoms with Crippen LogP contribution in [0.25, 0.3) is 5.65 Å². The van der Waals surface area contributed by atoms with Crippen molar-refractivity contribution in [2.75, 3.05) is 5.32 Å². The molecule has 0 fully saturated rings. The number of amides is 1. The normalized spacial score (nSPS) is 15.7. The van der Waals surface area contributed by atoms with Crippen LogP contribution in [0.15, 0.2) is 36.7 Å². The van der Waals surface area contributed by atoms with Crippen LogP contribution < -0.4 is 5.32 Å². The molecule has 1 aliphatic carbocycles. The predicted octanol–water partition coefficient (Wildman–Crippen LogP) is 3.45. The first-order valence-corrected chi connectivity index (χ1v) is 8.61. The number of hydrogen-bond acceptors (Lipinski definition) is 4. The molecule has 0 unspecified atom stereocenters. The van der Waals surface area contributed by atoms with Gasteiger partial charge in [-0.05, 0) is 30.9 Å². The monoisotopic (exact) mass is 348 g/mol. The van der Waals surface area contributed by atoms with E-state index in [4.69, 9.17) is 0 Å². The number of nitrogens with zero attached hydrogens (tertiary/aromatic N) is 3. The van der Waals surface area contributed by atoms with Crippen LogP contribution in [0.2, 0.25) is 0 Å². The fraction of sp³-hybridized carbons (Fsp3) is 0.300. The molecule has 0 bridgehead atoms. The summed E-state index contributed by atoms with van der Waals surface area (Å²) in [4.78, 5) is 29.4. The lowest BCUT2D eigenvalue weighted by atomic mass is 9.76. The molecule has 2 heterocycles. The molecule has 1 N–H and O–H groups in total. The van der Waals surface area contributed by atoms with Gasteiger partial charge in [0.25, 0.3) is 5.91 Å². The van der Waals surface area contributed by atoms with Gasteiger partial charge in [-0.2, -0.15) is 5.10 Å². The first-order chi connectivity index (χ1) is 12.3. The molecular weight excluding hydrogens is 328 g/mol. The Labute approximate surface area is 151 Å². The number of benzene rings is 1. The van der Waals surface area contributed by atoms with Gasteiger partial charge in [0.2, 0.25) is 0 Å². The number of anilines is 1. The summed E-state index contributed by atoms with van der Waals surface area (Å²) in [5.41, 5.74) is 4.00. The highest BCUT2D eigenvalue weighted by molar-refractivity contribution is 6.08. The number of ketones is 1. The van der Waals surface area contributed by atoms with Crippen LogP contribution >= 0.6 is 0 Å². The largest absolute Gasteiger partial charge is 0.322 e. The van der Waals surface area contributed by atoms with Crippen LogP contribution in [0.5, 0.6) is 0 Å². The molecule has 0 atom stereocenters. The van der Waals surface area contributed by atoms with E-state index >= 15 is 0 Å². The number of carbonyl (C=O) groups excluding carboxylic acids is 2. The summed E-state index contributed by atoms with van der Waals surface area (Å²) in [6.45, 7) is 6.12. The van der Waals surface area contributed by atoms with E-state index in [0.29, 0.717) is 35.3 Å². The zero-order chi connectivity index (χ0) is 18.5. The molecule has 6 heteroatoms. The quantitative estimate of drug-likeness (QED) is 0.769. The molecule has 0 saturated heterocycles. The minimum absolute atomic E-state index is 0.0757. The number of aromatic nitrogens is 3. The van der Waals surface area contributed by atoms with Gasteiger partial charge in [0, 0.05) is 18.3 Å². The van der Waals surface area contributed by atoms with Crippen LogP contribution in [-0.4, -0.2) is 26.3 Å². The number of aryl methyl sites for hydroxylation is 1. The lowest BCUT2D eigenvalue weighted by Crippen LogP contribution is -2.29. The van der Waals surface area contributed by atoms with Crippen molar-refractivity contribution in [1.29, 1.82) is 0 Å². The van der Waals surface area contributed by atoms with Crippen molar-refractivity contribution in [2.24, 2.45) is 5.41 Å². The highest BCUT2D eigenvalue weighted by Gasteiger charge is 2.33. The highest BCUT2D eigenvalue weighted by Crippen LogP contribution is 2.34. The van der Waals surface area contributed by atoms with Crippen molar-refractivity contribution in [3.05, 3.63) is 59.0 Å². The van der Waals surface area contributed by atoms with E-state index in [9.17, 15) is 9.59 Å². The summed E-state index contributed by atoms with van der Waals surface area (Å²) >= 11 is 0. The molecule has 6 nitrogen and oxygen atoms in total. The van der Waals surface area contributed by atoms with Gasteiger partial charge in [-0.15, -0.1) is 0 Å². The maximum absolute atomic E-state index is 12.7. The topological polar surface area (TPSA) is 76.4 Å². The van der Waals surface area contributed by atoms with E-state index in [0.717, 1.165) is 11.3 Å². The number of carbonyl (C=O) groups is 2. The molecule has 3 aromatic rings. The fourth-order valence-corrected chi connectivity index (χ4v) is 3.42. The zero-order valence-corrected chi connectivity index (χ0v) is 15.0. The Morgan fingerprint density at radius 3 is 2.62 bits per heavy atom. The molecule has 1 aromatic carbocycles. The van der Waals surface area contributed by atoms with Gasteiger partial charge < -0.3 is 5.32 Å². The van der Waals surface area contributed by atoms with Gasteiger partial charge in [-0.1, -0.05) is 31.5 Å². The molecule has 26 heavy (non-hydrogen) atoms. The Balaban J connectivity index is 1.73. The third-order valence-corrected chi connectivity index (χ3v) is 4.77. The van der Waals surface area contributed by atoms with E-state index in [1.165, 1.54) is 6.20 Å². The summed E-state index contributed by atoms with van der Waals surface area (Å²) in [5, 5.41) is 7.22. The van der Waals surface area contributed by atoms with E-state index in [-0.39, 0.29) is 17.1 Å². The minimum Gasteiger partial charge on any atom is -0.322 e. The standard InChI is InChI=1S/C20H20N4O2/c1-12-4-6-13(7-5-12)23-19(26)15-11-22-24-16-8-20(2,3)9-17(25)14(16)10-21-18(15)24/h4-7,10-11H,8-9H2,1-3H3,(H,23,26). The summed E-state index contributed by atoms with van der Waals surface area (Å²) in [6.07, 6.45) is 4.30. The highest BCUT2D eigenvalue weighted by atomic mass is 16.1. The van der Waals surface area contributed by atoms with Crippen LogP contribution in [0.3, 0.4) is 0 Å². The van der Waals surface area contributed by atoms with E-state index in [2.05, 4.69) is 29.2 Å². The van der Waals surface area contributed by atoms with E-state index in [1.54, 1.807) is 10.7 Å². The average Bonchev–Trinajstić information content (AvgIpc) is 3.00. The first kappa shape index (κ1) is 16.4. The SMILES string of the molecule is Cc1ccc(NC(=O)c2cnn3c4c(cnc23)C(=O)CC(C)(C)C4)cc1. The van der Waals surface area contributed by atoms with Crippen molar-refractivity contribution in [1.82, 2.24) is 14.6 Å². The first-order valence-electron chi connectivity index (χ1n) is 8.61. The third kappa shape index (κ3) is 2.77.